The van der Waals surface area contributed by atoms with Crippen LogP contribution in [-0.2, 0) is 6.54 Å². The maximum absolute atomic E-state index is 12.4. The zero-order valence-electron chi connectivity index (χ0n) is 19.3. The van der Waals surface area contributed by atoms with E-state index >= 15 is 0 Å². The number of ether oxygens (including phenoxy) is 3. The van der Waals surface area contributed by atoms with Crippen LogP contribution in [0.4, 0.5) is 0 Å². The minimum absolute atomic E-state index is 0.119. The Hall–Kier alpha value is -3.84. The van der Waals surface area contributed by atoms with Gasteiger partial charge in [0.15, 0.2) is 11.5 Å². The van der Waals surface area contributed by atoms with Crippen molar-refractivity contribution in [2.45, 2.75) is 13.5 Å². The van der Waals surface area contributed by atoms with Gasteiger partial charge in [0.1, 0.15) is 10.8 Å². The van der Waals surface area contributed by atoms with Gasteiger partial charge < -0.3 is 19.5 Å². The highest BCUT2D eigenvalue weighted by Gasteiger charge is 2.11. The minimum atomic E-state index is -0.119. The van der Waals surface area contributed by atoms with Gasteiger partial charge in [-0.1, -0.05) is 24.3 Å². The summed E-state index contributed by atoms with van der Waals surface area (Å²) in [5, 5.41) is 5.91. The summed E-state index contributed by atoms with van der Waals surface area (Å²) in [6, 6.07) is 21.0. The summed E-state index contributed by atoms with van der Waals surface area (Å²) in [5.41, 5.74) is 4.49. The zero-order valence-corrected chi connectivity index (χ0v) is 20.1. The van der Waals surface area contributed by atoms with Crippen LogP contribution in [0.5, 0.6) is 17.2 Å². The second-order valence-corrected chi connectivity index (χ2v) is 8.30. The van der Waals surface area contributed by atoms with Crippen molar-refractivity contribution in [1.82, 2.24) is 10.3 Å². The van der Waals surface area contributed by atoms with Gasteiger partial charge >= 0.3 is 0 Å². The lowest BCUT2D eigenvalue weighted by Crippen LogP contribution is -2.22. The van der Waals surface area contributed by atoms with E-state index in [1.165, 1.54) is 0 Å². The van der Waals surface area contributed by atoms with Gasteiger partial charge in [0.25, 0.3) is 5.91 Å². The molecule has 1 heterocycles. The number of methoxy groups -OCH3 is 2. The lowest BCUT2D eigenvalue weighted by atomic mass is 10.1. The molecule has 0 aliphatic heterocycles. The number of rotatable bonds is 9. The van der Waals surface area contributed by atoms with Gasteiger partial charge in [-0.15, -0.1) is 11.3 Å². The van der Waals surface area contributed by atoms with Crippen LogP contribution in [0.3, 0.4) is 0 Å². The molecule has 174 valence electrons. The highest BCUT2D eigenvalue weighted by molar-refractivity contribution is 7.13. The smallest absolute Gasteiger partial charge is 0.251 e. The number of aromatic nitrogens is 1. The van der Waals surface area contributed by atoms with Crippen molar-refractivity contribution in [2.75, 3.05) is 20.8 Å². The number of benzene rings is 3. The minimum Gasteiger partial charge on any atom is -0.494 e. The van der Waals surface area contributed by atoms with Gasteiger partial charge in [0.05, 0.1) is 26.5 Å². The monoisotopic (exact) mass is 474 g/mol. The molecule has 0 fully saturated rings. The summed E-state index contributed by atoms with van der Waals surface area (Å²) in [6.07, 6.45) is 0. The first-order valence-corrected chi connectivity index (χ1v) is 11.8. The molecule has 6 nitrogen and oxygen atoms in total. The first kappa shape index (κ1) is 23.3. The Morgan fingerprint density at radius 1 is 0.912 bits per heavy atom. The van der Waals surface area contributed by atoms with Crippen LogP contribution < -0.4 is 19.5 Å². The van der Waals surface area contributed by atoms with Crippen molar-refractivity contribution < 1.29 is 19.0 Å². The highest BCUT2D eigenvalue weighted by Crippen LogP contribution is 2.34. The SMILES string of the molecule is CCOc1ccc(C(=O)NCc2ccc(-c3nc(-c4ccc(OC)c(OC)c4)cs3)cc2)cc1. The number of nitrogens with one attached hydrogen (secondary N) is 1. The molecule has 3 aromatic carbocycles. The molecule has 4 rings (SSSR count). The summed E-state index contributed by atoms with van der Waals surface area (Å²) in [7, 11) is 3.24. The van der Waals surface area contributed by atoms with Crippen LogP contribution >= 0.6 is 11.3 Å². The molecule has 0 atom stereocenters. The first-order valence-electron chi connectivity index (χ1n) is 10.9. The third-order valence-corrected chi connectivity index (χ3v) is 6.16. The van der Waals surface area contributed by atoms with E-state index in [0.29, 0.717) is 30.2 Å². The van der Waals surface area contributed by atoms with Gasteiger partial charge in [-0.2, -0.15) is 0 Å². The second-order valence-electron chi connectivity index (χ2n) is 7.44. The Balaban J connectivity index is 1.39. The summed E-state index contributed by atoms with van der Waals surface area (Å²) >= 11 is 1.58. The quantitative estimate of drug-likeness (QED) is 0.331. The second kappa shape index (κ2) is 10.9. The van der Waals surface area contributed by atoms with Crippen molar-refractivity contribution in [3.8, 4) is 39.1 Å². The predicted octanol–water partition coefficient (Wildman–Crippen LogP) is 5.82. The fourth-order valence-electron chi connectivity index (χ4n) is 3.45. The number of amides is 1. The topological polar surface area (TPSA) is 69.7 Å². The van der Waals surface area contributed by atoms with Crippen LogP contribution in [0.2, 0.25) is 0 Å². The van der Waals surface area contributed by atoms with Gasteiger partial charge in [0, 0.05) is 28.6 Å². The Morgan fingerprint density at radius 2 is 1.62 bits per heavy atom. The third-order valence-electron chi connectivity index (χ3n) is 5.26. The number of thiazole rings is 1. The van der Waals surface area contributed by atoms with E-state index in [1.807, 2.05) is 54.8 Å². The molecular weight excluding hydrogens is 448 g/mol. The molecular formula is C27H26N2O4S. The predicted molar refractivity (Wildman–Crippen MR) is 135 cm³/mol. The summed E-state index contributed by atoms with van der Waals surface area (Å²) in [5.74, 6) is 2.00. The molecule has 1 aromatic heterocycles. The lowest BCUT2D eigenvalue weighted by molar-refractivity contribution is 0.0951. The summed E-state index contributed by atoms with van der Waals surface area (Å²) in [4.78, 5) is 17.2. The average Bonchev–Trinajstić information content (AvgIpc) is 3.38. The number of nitrogens with zero attached hydrogens (tertiary/aromatic N) is 1. The molecule has 7 heteroatoms. The highest BCUT2D eigenvalue weighted by atomic mass is 32.1. The molecule has 0 bridgehead atoms. The van der Waals surface area contributed by atoms with Gasteiger partial charge in [-0.25, -0.2) is 4.98 Å². The average molecular weight is 475 g/mol. The Kier molecular flexibility index (Phi) is 7.44. The fraction of sp³-hybridized carbons (Fsp3) is 0.185. The van der Waals surface area contributed by atoms with Gasteiger partial charge in [-0.05, 0) is 55.0 Å². The molecule has 1 amide bonds. The van der Waals surface area contributed by atoms with Crippen molar-refractivity contribution >= 4 is 17.2 Å². The van der Waals surface area contributed by atoms with Gasteiger partial charge in [0.2, 0.25) is 0 Å². The molecule has 0 unspecified atom stereocenters. The summed E-state index contributed by atoms with van der Waals surface area (Å²) in [6.45, 7) is 2.97. The number of hydrogen-bond acceptors (Lipinski definition) is 6. The first-order chi connectivity index (χ1) is 16.6. The van der Waals surface area contributed by atoms with Crippen molar-refractivity contribution in [3.63, 3.8) is 0 Å². The molecule has 0 aliphatic rings. The van der Waals surface area contributed by atoms with E-state index in [9.17, 15) is 4.79 Å². The standard InChI is InChI=1S/C27H26N2O4S/c1-4-33-22-12-9-19(10-13-22)26(30)28-16-18-5-7-20(8-6-18)27-29-23(17-34-27)21-11-14-24(31-2)25(15-21)32-3/h5-15,17H,4,16H2,1-3H3,(H,28,30). The molecule has 4 aromatic rings. The van der Waals surface area contributed by atoms with E-state index < -0.39 is 0 Å². The van der Waals surface area contributed by atoms with E-state index in [1.54, 1.807) is 49.8 Å². The molecule has 0 saturated heterocycles. The molecule has 0 saturated carbocycles. The lowest BCUT2D eigenvalue weighted by Gasteiger charge is -2.08. The largest absolute Gasteiger partial charge is 0.494 e. The molecule has 0 aliphatic carbocycles. The van der Waals surface area contributed by atoms with Crippen molar-refractivity contribution in [2.24, 2.45) is 0 Å². The fourth-order valence-corrected chi connectivity index (χ4v) is 4.29. The number of carbonyl (C=O) groups excluding carboxylic acids is 1. The van der Waals surface area contributed by atoms with Crippen LogP contribution in [-0.4, -0.2) is 31.7 Å². The Labute approximate surface area is 203 Å². The molecule has 1 N–H and O–H groups in total. The zero-order chi connectivity index (χ0) is 23.9. The van der Waals surface area contributed by atoms with Crippen molar-refractivity contribution in [3.05, 3.63) is 83.2 Å². The molecule has 0 spiro atoms. The molecule has 34 heavy (non-hydrogen) atoms. The molecule has 0 radical (unpaired) electrons. The third kappa shape index (κ3) is 5.38. The maximum atomic E-state index is 12.4. The van der Waals surface area contributed by atoms with E-state index in [2.05, 4.69) is 5.32 Å². The van der Waals surface area contributed by atoms with Crippen LogP contribution in [0.15, 0.2) is 72.1 Å². The normalized spacial score (nSPS) is 10.6. The number of carbonyl (C=O) groups is 1. The summed E-state index contributed by atoms with van der Waals surface area (Å²) < 4.78 is 16.1. The number of hydrogen-bond donors (Lipinski definition) is 1. The maximum Gasteiger partial charge on any atom is 0.251 e. The van der Waals surface area contributed by atoms with E-state index in [-0.39, 0.29) is 5.91 Å². The Morgan fingerprint density at radius 3 is 2.29 bits per heavy atom. The van der Waals surface area contributed by atoms with Gasteiger partial charge in [-0.3, -0.25) is 4.79 Å². The Bertz CT molecular complexity index is 1250. The van der Waals surface area contributed by atoms with Crippen LogP contribution in [0, 0.1) is 0 Å². The van der Waals surface area contributed by atoms with E-state index in [4.69, 9.17) is 19.2 Å². The van der Waals surface area contributed by atoms with Crippen LogP contribution in [0.1, 0.15) is 22.8 Å². The van der Waals surface area contributed by atoms with Crippen molar-refractivity contribution in [1.29, 1.82) is 0 Å². The van der Waals surface area contributed by atoms with Crippen LogP contribution in [0.25, 0.3) is 21.8 Å². The van der Waals surface area contributed by atoms with E-state index in [0.717, 1.165) is 33.1 Å².